The first kappa shape index (κ1) is 17.7. The molecular formula is C21H22N6O. The molecule has 28 heavy (non-hydrogen) atoms. The van der Waals surface area contributed by atoms with Crippen molar-refractivity contribution in [1.82, 2.24) is 10.3 Å². The van der Waals surface area contributed by atoms with Crippen molar-refractivity contribution in [2.75, 3.05) is 10.6 Å². The lowest BCUT2D eigenvalue weighted by atomic mass is 10.2. The lowest BCUT2D eigenvalue weighted by Gasteiger charge is -2.26. The molecule has 4 rings (SSSR count). The number of H-pyrrole nitrogens is 1. The maximum Gasteiger partial charge on any atom is 0.253 e. The summed E-state index contributed by atoms with van der Waals surface area (Å²) in [5.41, 5.74) is 10.9. The lowest BCUT2D eigenvalue weighted by Crippen LogP contribution is -2.41. The fourth-order valence-corrected chi connectivity index (χ4v) is 3.22. The summed E-state index contributed by atoms with van der Waals surface area (Å²) >= 11 is 0. The van der Waals surface area contributed by atoms with Crippen LogP contribution in [0.2, 0.25) is 0 Å². The molecule has 1 aliphatic rings. The number of aryl methyl sites for hydroxylation is 2. The molecule has 0 saturated carbocycles. The summed E-state index contributed by atoms with van der Waals surface area (Å²) in [6.45, 7) is 4.03. The molecule has 0 radical (unpaired) electrons. The molecule has 7 heteroatoms. The highest BCUT2D eigenvalue weighted by Crippen LogP contribution is 2.21. The Morgan fingerprint density at radius 1 is 1.11 bits per heavy atom. The fourth-order valence-electron chi connectivity index (χ4n) is 3.22. The number of aromatic nitrogens is 1. The number of amides is 1. The molecule has 0 fully saturated rings. The second kappa shape index (κ2) is 7.11. The number of carbonyl (C=O) groups excluding carboxylic acids is 1. The number of nitrogens with one attached hydrogen (secondary N) is 4. The Balaban J connectivity index is 1.55. The van der Waals surface area contributed by atoms with E-state index in [9.17, 15) is 4.79 Å². The average molecular weight is 374 g/mol. The number of benzene rings is 2. The first-order valence-electron chi connectivity index (χ1n) is 9.01. The van der Waals surface area contributed by atoms with Gasteiger partial charge in [0, 0.05) is 34.2 Å². The second-order valence-corrected chi connectivity index (χ2v) is 6.87. The minimum atomic E-state index is -0.547. The number of aliphatic imine (C=N–C) groups is 1. The summed E-state index contributed by atoms with van der Waals surface area (Å²) in [7, 11) is 0. The van der Waals surface area contributed by atoms with Crippen LogP contribution >= 0.6 is 0 Å². The minimum absolute atomic E-state index is 0.302. The molecule has 3 aromatic rings. The molecule has 0 bridgehead atoms. The van der Waals surface area contributed by atoms with E-state index < -0.39 is 12.2 Å². The SMILES string of the molecule is Cc1cccc(NC2=C(C(N)=O)C=NC(Nc3ccc4[nH]c(C)cc4c3)N2)c1. The van der Waals surface area contributed by atoms with Crippen LogP contribution in [0.4, 0.5) is 11.4 Å². The van der Waals surface area contributed by atoms with Gasteiger partial charge in [0.1, 0.15) is 5.82 Å². The van der Waals surface area contributed by atoms with Crippen molar-refractivity contribution in [2.24, 2.45) is 10.7 Å². The summed E-state index contributed by atoms with van der Waals surface area (Å²) in [6.07, 6.45) is 1.06. The summed E-state index contributed by atoms with van der Waals surface area (Å²) in [4.78, 5) is 19.5. The van der Waals surface area contributed by atoms with E-state index in [1.807, 2.05) is 50.2 Å². The predicted molar refractivity (Wildman–Crippen MR) is 113 cm³/mol. The Morgan fingerprint density at radius 3 is 2.75 bits per heavy atom. The van der Waals surface area contributed by atoms with Crippen molar-refractivity contribution < 1.29 is 4.79 Å². The number of hydrogen-bond donors (Lipinski definition) is 5. The van der Waals surface area contributed by atoms with Gasteiger partial charge in [-0.25, -0.2) is 4.99 Å². The van der Waals surface area contributed by atoms with Gasteiger partial charge in [-0.3, -0.25) is 4.79 Å². The van der Waals surface area contributed by atoms with Gasteiger partial charge in [-0.2, -0.15) is 0 Å². The summed E-state index contributed by atoms with van der Waals surface area (Å²) < 4.78 is 0. The molecule has 6 N–H and O–H groups in total. The van der Waals surface area contributed by atoms with Crippen LogP contribution in [-0.2, 0) is 4.79 Å². The zero-order valence-corrected chi connectivity index (χ0v) is 15.7. The van der Waals surface area contributed by atoms with Crippen LogP contribution in [0.5, 0.6) is 0 Å². The van der Waals surface area contributed by atoms with Gasteiger partial charge >= 0.3 is 0 Å². The number of nitrogens with zero attached hydrogens (tertiary/aromatic N) is 1. The van der Waals surface area contributed by atoms with Gasteiger partial charge in [-0.15, -0.1) is 0 Å². The molecule has 1 amide bonds. The molecule has 1 aliphatic heterocycles. The monoisotopic (exact) mass is 374 g/mol. The van der Waals surface area contributed by atoms with E-state index in [1.165, 1.54) is 6.21 Å². The maximum atomic E-state index is 11.8. The van der Waals surface area contributed by atoms with Gasteiger partial charge in [0.05, 0.1) is 5.57 Å². The van der Waals surface area contributed by atoms with Crippen LogP contribution in [0.3, 0.4) is 0 Å². The van der Waals surface area contributed by atoms with Gasteiger partial charge < -0.3 is 26.7 Å². The number of aromatic amines is 1. The van der Waals surface area contributed by atoms with Gasteiger partial charge in [-0.1, -0.05) is 12.1 Å². The van der Waals surface area contributed by atoms with Crippen LogP contribution in [0.15, 0.2) is 64.9 Å². The first-order chi connectivity index (χ1) is 13.5. The first-order valence-corrected chi connectivity index (χ1v) is 9.01. The Hall–Kier alpha value is -3.74. The number of fused-ring (bicyclic) bond motifs is 1. The zero-order valence-electron chi connectivity index (χ0n) is 15.7. The summed E-state index contributed by atoms with van der Waals surface area (Å²) in [5.74, 6) is -0.0294. The average Bonchev–Trinajstić information content (AvgIpc) is 3.01. The molecule has 2 heterocycles. The topological polar surface area (TPSA) is 107 Å². The third-order valence-electron chi connectivity index (χ3n) is 4.51. The molecule has 2 aromatic carbocycles. The number of anilines is 2. The Labute approximate surface area is 162 Å². The van der Waals surface area contributed by atoms with E-state index in [0.717, 1.165) is 33.5 Å². The smallest absolute Gasteiger partial charge is 0.253 e. The van der Waals surface area contributed by atoms with E-state index in [2.05, 4.69) is 38.1 Å². The molecule has 1 unspecified atom stereocenters. The molecule has 0 saturated heterocycles. The molecule has 7 nitrogen and oxygen atoms in total. The Kier molecular flexibility index (Phi) is 4.49. The molecular weight excluding hydrogens is 352 g/mol. The van der Waals surface area contributed by atoms with Crippen molar-refractivity contribution >= 4 is 34.4 Å². The number of rotatable bonds is 5. The maximum absolute atomic E-state index is 11.8. The number of hydrogen-bond acceptors (Lipinski definition) is 5. The van der Waals surface area contributed by atoms with Crippen LogP contribution in [0.25, 0.3) is 10.9 Å². The van der Waals surface area contributed by atoms with Crippen molar-refractivity contribution in [3.05, 3.63) is 71.2 Å². The summed E-state index contributed by atoms with van der Waals surface area (Å²) in [5, 5.41) is 10.9. The third kappa shape index (κ3) is 3.68. The van der Waals surface area contributed by atoms with E-state index >= 15 is 0 Å². The second-order valence-electron chi connectivity index (χ2n) is 6.87. The highest BCUT2D eigenvalue weighted by atomic mass is 16.1. The highest BCUT2D eigenvalue weighted by molar-refractivity contribution is 6.12. The predicted octanol–water partition coefficient (Wildman–Crippen LogP) is 2.96. The standard InChI is InChI=1S/C21H22N6O/c1-12-4-3-5-15(8-12)25-20-17(19(22)28)11-23-21(27-20)26-16-6-7-18-14(10-16)9-13(2)24-18/h3-11,21,24-27H,1-2H3,(H2,22,28). The summed E-state index contributed by atoms with van der Waals surface area (Å²) in [6, 6.07) is 16.0. The highest BCUT2D eigenvalue weighted by Gasteiger charge is 2.20. The molecule has 1 aromatic heterocycles. The number of nitrogens with two attached hydrogens (primary N) is 1. The van der Waals surface area contributed by atoms with Crippen LogP contribution < -0.4 is 21.7 Å². The fraction of sp³-hybridized carbons (Fsp3) is 0.143. The Bertz CT molecular complexity index is 1110. The van der Waals surface area contributed by atoms with E-state index in [1.54, 1.807) is 0 Å². The van der Waals surface area contributed by atoms with Crippen LogP contribution in [0.1, 0.15) is 11.3 Å². The number of carbonyl (C=O) groups is 1. The molecule has 0 aliphatic carbocycles. The van der Waals surface area contributed by atoms with Crippen LogP contribution in [-0.4, -0.2) is 23.4 Å². The quantitative estimate of drug-likeness (QED) is 0.473. The van der Waals surface area contributed by atoms with Crippen molar-refractivity contribution in [3.63, 3.8) is 0 Å². The van der Waals surface area contributed by atoms with Crippen molar-refractivity contribution in [1.29, 1.82) is 0 Å². The van der Waals surface area contributed by atoms with Gasteiger partial charge in [-0.05, 0) is 55.8 Å². The van der Waals surface area contributed by atoms with Gasteiger partial charge in [0.15, 0.2) is 6.29 Å². The third-order valence-corrected chi connectivity index (χ3v) is 4.51. The minimum Gasteiger partial charge on any atom is -0.365 e. The van der Waals surface area contributed by atoms with E-state index in [-0.39, 0.29) is 0 Å². The van der Waals surface area contributed by atoms with E-state index in [0.29, 0.717) is 11.4 Å². The Morgan fingerprint density at radius 2 is 1.96 bits per heavy atom. The number of primary amides is 1. The molecule has 1 atom stereocenters. The van der Waals surface area contributed by atoms with Gasteiger partial charge in [0.2, 0.25) is 0 Å². The molecule has 0 spiro atoms. The zero-order chi connectivity index (χ0) is 19.7. The lowest BCUT2D eigenvalue weighted by molar-refractivity contribution is -0.114. The normalized spacial score (nSPS) is 16.1. The largest absolute Gasteiger partial charge is 0.365 e. The van der Waals surface area contributed by atoms with E-state index in [4.69, 9.17) is 5.73 Å². The van der Waals surface area contributed by atoms with Gasteiger partial charge in [0.25, 0.3) is 5.91 Å². The molecule has 142 valence electrons. The van der Waals surface area contributed by atoms with Crippen LogP contribution in [0, 0.1) is 13.8 Å². The van der Waals surface area contributed by atoms with Crippen molar-refractivity contribution in [2.45, 2.75) is 20.1 Å². The van der Waals surface area contributed by atoms with Crippen molar-refractivity contribution in [3.8, 4) is 0 Å².